The van der Waals surface area contributed by atoms with E-state index in [0.29, 0.717) is 0 Å². The number of hydrogen-bond donors (Lipinski definition) is 6. The number of carbonyl (C=O) groups is 2. The van der Waals surface area contributed by atoms with E-state index in [9.17, 15) is 9.59 Å². The van der Waals surface area contributed by atoms with Crippen LogP contribution < -0.4 is 11.5 Å². The second-order valence-electron chi connectivity index (χ2n) is 5.60. The fraction of sp³-hybridized carbons (Fsp3) is 0.833. The average molecular weight is 324 g/mol. The molecule has 8 heteroatoms. The molecule has 1 rings (SSSR count). The lowest BCUT2D eigenvalue weighted by molar-refractivity contribution is -0.140. The van der Waals surface area contributed by atoms with Crippen molar-refractivity contribution < 1.29 is 19.8 Å². The first-order valence-electron chi connectivity index (χ1n) is 6.33. The van der Waals surface area contributed by atoms with Gasteiger partial charge in [0.05, 0.1) is 0 Å². The largest absolute Gasteiger partial charge is 0.480 e. The lowest BCUT2D eigenvalue weighted by atomic mass is 9.98. The van der Waals surface area contributed by atoms with Crippen molar-refractivity contribution in [2.75, 3.05) is 0 Å². The zero-order chi connectivity index (χ0) is 16.1. The summed E-state index contributed by atoms with van der Waals surface area (Å²) in [6.07, 6.45) is 3.74. The summed E-state index contributed by atoms with van der Waals surface area (Å²) in [5.41, 5.74) is 10.7. The van der Waals surface area contributed by atoms with Gasteiger partial charge in [-0.1, -0.05) is 12.8 Å². The Morgan fingerprint density at radius 2 is 1.55 bits per heavy atom. The highest BCUT2D eigenvalue weighted by atomic mass is 32.1. The van der Waals surface area contributed by atoms with E-state index in [0.717, 1.165) is 25.7 Å². The molecule has 1 saturated carbocycles. The van der Waals surface area contributed by atoms with Crippen molar-refractivity contribution >= 4 is 37.2 Å². The Kier molecular flexibility index (Phi) is 7.37. The van der Waals surface area contributed by atoms with Crippen LogP contribution in [0.4, 0.5) is 0 Å². The molecular weight excluding hydrogens is 300 g/mol. The minimum absolute atomic E-state index is 0.453. The molecule has 0 aromatic rings. The molecule has 0 amide bonds. The molecule has 0 heterocycles. The van der Waals surface area contributed by atoms with Crippen molar-refractivity contribution in [1.29, 1.82) is 0 Å². The van der Waals surface area contributed by atoms with Gasteiger partial charge in [-0.3, -0.25) is 9.59 Å². The van der Waals surface area contributed by atoms with E-state index in [1.807, 2.05) is 0 Å². The third-order valence-corrected chi connectivity index (χ3v) is 4.35. The van der Waals surface area contributed by atoms with Crippen molar-refractivity contribution in [2.45, 2.75) is 61.1 Å². The Labute approximate surface area is 130 Å². The summed E-state index contributed by atoms with van der Waals surface area (Å²) in [5, 5.41) is 17.0. The van der Waals surface area contributed by atoms with Crippen molar-refractivity contribution in [2.24, 2.45) is 11.5 Å². The number of thiol groups is 2. The van der Waals surface area contributed by atoms with E-state index in [1.165, 1.54) is 0 Å². The van der Waals surface area contributed by atoms with Gasteiger partial charge in [0.25, 0.3) is 0 Å². The maximum atomic E-state index is 10.5. The Hall–Kier alpha value is -0.440. The minimum Gasteiger partial charge on any atom is -0.480 e. The quantitative estimate of drug-likeness (QED) is 0.424. The van der Waals surface area contributed by atoms with Crippen LogP contribution in [0.3, 0.4) is 0 Å². The molecule has 6 N–H and O–H groups in total. The van der Waals surface area contributed by atoms with Gasteiger partial charge in [-0.15, -0.1) is 0 Å². The lowest BCUT2D eigenvalue weighted by Gasteiger charge is -2.26. The third kappa shape index (κ3) is 5.90. The number of nitrogens with two attached hydrogens (primary N) is 2. The Bertz CT molecular complexity index is 352. The summed E-state index contributed by atoms with van der Waals surface area (Å²) >= 11 is 8.29. The van der Waals surface area contributed by atoms with Crippen LogP contribution in [0.1, 0.15) is 39.5 Å². The Balaban J connectivity index is 0.000000370. The second kappa shape index (κ2) is 7.53. The standard InChI is InChI=1S/C7H13NO2S.C5H11NO2S/c8-5(6(9)10)7(11)3-1-2-4-7;1-5(2,9)3(6)4(7)8/h5,11H,1-4,8H2,(H,9,10);3,9H,6H2,1-2H3,(H,7,8)/t5-;3-/m11/s1. The zero-order valence-corrected chi connectivity index (χ0v) is 13.5. The highest BCUT2D eigenvalue weighted by Crippen LogP contribution is 2.37. The fourth-order valence-electron chi connectivity index (χ4n) is 1.83. The number of aliphatic carboxylic acids is 2. The molecule has 1 aliphatic rings. The molecule has 0 saturated heterocycles. The zero-order valence-electron chi connectivity index (χ0n) is 11.7. The summed E-state index contributed by atoms with van der Waals surface area (Å²) in [6, 6.07) is -1.71. The first-order valence-corrected chi connectivity index (χ1v) is 7.23. The van der Waals surface area contributed by atoms with Gasteiger partial charge >= 0.3 is 11.9 Å². The van der Waals surface area contributed by atoms with Gasteiger partial charge in [0, 0.05) is 9.49 Å². The number of rotatable bonds is 4. The van der Waals surface area contributed by atoms with Gasteiger partial charge in [0.2, 0.25) is 0 Å². The maximum Gasteiger partial charge on any atom is 0.321 e. The number of carboxylic acids is 2. The minimum atomic E-state index is -1.02. The molecule has 0 aliphatic heterocycles. The van der Waals surface area contributed by atoms with Crippen molar-refractivity contribution in [3.63, 3.8) is 0 Å². The fourth-order valence-corrected chi connectivity index (χ4v) is 2.37. The van der Waals surface area contributed by atoms with Crippen LogP contribution in [0.25, 0.3) is 0 Å². The summed E-state index contributed by atoms with van der Waals surface area (Å²) < 4.78 is -1.10. The summed E-state index contributed by atoms with van der Waals surface area (Å²) in [6.45, 7) is 3.32. The molecule has 1 fully saturated rings. The predicted molar refractivity (Wildman–Crippen MR) is 84.5 cm³/mol. The number of hydrogen-bond acceptors (Lipinski definition) is 6. The van der Waals surface area contributed by atoms with Gasteiger partial charge < -0.3 is 21.7 Å². The van der Waals surface area contributed by atoms with Crippen molar-refractivity contribution in [1.82, 2.24) is 0 Å². The molecular formula is C12H24N2O4S2. The van der Waals surface area contributed by atoms with Crippen LogP contribution in [0.5, 0.6) is 0 Å². The van der Waals surface area contributed by atoms with Crippen molar-refractivity contribution in [3.8, 4) is 0 Å². The summed E-state index contributed by atoms with van der Waals surface area (Å²) in [4.78, 5) is 20.7. The molecule has 0 aromatic heterocycles. The molecule has 2 atom stereocenters. The van der Waals surface area contributed by atoms with Crippen LogP contribution in [0.2, 0.25) is 0 Å². The van der Waals surface area contributed by atoms with E-state index in [4.69, 9.17) is 21.7 Å². The lowest BCUT2D eigenvalue weighted by Crippen LogP contribution is -2.47. The topological polar surface area (TPSA) is 127 Å². The summed E-state index contributed by atoms with van der Waals surface area (Å²) in [7, 11) is 0. The molecule has 118 valence electrons. The normalized spacial score (nSPS) is 20.5. The highest BCUT2D eigenvalue weighted by Gasteiger charge is 2.39. The van der Waals surface area contributed by atoms with Crippen LogP contribution in [0, 0.1) is 0 Å². The SMILES string of the molecule is CC(C)(S)[C@H](N)C(=O)O.N[C@H](C(=O)O)C1(S)CCCC1. The summed E-state index contributed by atoms with van der Waals surface area (Å²) in [5.74, 6) is -1.96. The van der Waals surface area contributed by atoms with E-state index < -0.39 is 33.5 Å². The van der Waals surface area contributed by atoms with Gasteiger partial charge in [-0.25, -0.2) is 0 Å². The molecule has 1 aliphatic carbocycles. The molecule has 6 nitrogen and oxygen atoms in total. The first-order chi connectivity index (χ1) is 8.92. The average Bonchev–Trinajstić information content (AvgIpc) is 2.74. The smallest absolute Gasteiger partial charge is 0.321 e. The Morgan fingerprint density at radius 3 is 1.75 bits per heavy atom. The van der Waals surface area contributed by atoms with Crippen molar-refractivity contribution in [3.05, 3.63) is 0 Å². The van der Waals surface area contributed by atoms with Gasteiger partial charge in [0.15, 0.2) is 0 Å². The molecule has 20 heavy (non-hydrogen) atoms. The van der Waals surface area contributed by atoms with Gasteiger partial charge in [-0.05, 0) is 26.7 Å². The van der Waals surface area contributed by atoms with Crippen LogP contribution in [0.15, 0.2) is 0 Å². The van der Waals surface area contributed by atoms with Gasteiger partial charge in [-0.2, -0.15) is 25.3 Å². The third-order valence-electron chi connectivity index (χ3n) is 3.34. The van der Waals surface area contributed by atoms with E-state index in [1.54, 1.807) is 13.8 Å². The van der Waals surface area contributed by atoms with E-state index in [-0.39, 0.29) is 0 Å². The maximum absolute atomic E-state index is 10.5. The molecule has 0 aromatic carbocycles. The highest BCUT2D eigenvalue weighted by molar-refractivity contribution is 7.82. The number of carboxylic acid groups (broad SMARTS) is 2. The van der Waals surface area contributed by atoms with Gasteiger partial charge in [0.1, 0.15) is 12.1 Å². The van der Waals surface area contributed by atoms with Crippen LogP contribution in [-0.4, -0.2) is 43.7 Å². The molecule has 0 radical (unpaired) electrons. The van der Waals surface area contributed by atoms with Crippen LogP contribution in [-0.2, 0) is 9.59 Å². The molecule has 0 unspecified atom stereocenters. The van der Waals surface area contributed by atoms with Crippen LogP contribution >= 0.6 is 25.3 Å². The predicted octanol–water partition coefficient (Wildman–Crippen LogP) is 0.748. The first kappa shape index (κ1) is 19.6. The molecule has 0 bridgehead atoms. The monoisotopic (exact) mass is 324 g/mol. The second-order valence-corrected chi connectivity index (χ2v) is 7.64. The molecule has 0 spiro atoms. The Morgan fingerprint density at radius 1 is 1.15 bits per heavy atom. The van der Waals surface area contributed by atoms with E-state index in [2.05, 4.69) is 25.3 Å². The van der Waals surface area contributed by atoms with E-state index >= 15 is 0 Å².